The van der Waals surface area contributed by atoms with Gasteiger partial charge < -0.3 is 65.0 Å². The van der Waals surface area contributed by atoms with E-state index in [1.807, 2.05) is 11.3 Å². The average molecular weight is 1780 g/mol. The van der Waals surface area contributed by atoms with Crippen LogP contribution in [0.2, 0.25) is 0 Å². The largest absolute Gasteiger partial charge is 0.442 e. The van der Waals surface area contributed by atoms with Crippen molar-refractivity contribution >= 4 is 94.4 Å². The Labute approximate surface area is 786 Å². The molecule has 5 aromatic carbocycles. The van der Waals surface area contributed by atoms with Crippen molar-refractivity contribution in [3.05, 3.63) is 265 Å². The lowest BCUT2D eigenvalue weighted by molar-refractivity contribution is -0.0596. The molecule has 0 amide bonds. The second kappa shape index (κ2) is 29.1. The molecule has 4 bridgehead atoms. The van der Waals surface area contributed by atoms with Crippen LogP contribution in [0.3, 0.4) is 0 Å². The molecule has 0 N–H and O–H groups in total. The van der Waals surface area contributed by atoms with E-state index in [2.05, 4.69) is 391 Å². The van der Waals surface area contributed by atoms with Gasteiger partial charge in [0.25, 0.3) is 0 Å². The van der Waals surface area contributed by atoms with Crippen LogP contribution in [0.1, 0.15) is 319 Å². The number of hydrogen-bond donors (Lipinski definition) is 0. The third kappa shape index (κ3) is 10.8. The van der Waals surface area contributed by atoms with Crippen LogP contribution in [0.15, 0.2) is 187 Å². The zero-order valence-electron chi connectivity index (χ0n) is 83.3. The van der Waals surface area contributed by atoms with Gasteiger partial charge in [0.05, 0.1) is 57.9 Å². The summed E-state index contributed by atoms with van der Waals surface area (Å²) in [5.74, 6) is 8.16. The Morgan fingerprint density at radius 1 is 0.326 bits per heavy atom. The molecule has 7 unspecified atom stereocenters. The molecule has 7 atom stereocenters. The van der Waals surface area contributed by atoms with Gasteiger partial charge in [-0.1, -0.05) is 178 Å². The van der Waals surface area contributed by atoms with Gasteiger partial charge in [0.2, 0.25) is 22.9 Å². The first kappa shape index (κ1) is 85.8. The summed E-state index contributed by atoms with van der Waals surface area (Å²) in [5.41, 5.74) is 30.1. The second-order valence-electron chi connectivity index (χ2n) is 45.5. The Morgan fingerprint density at radius 3 is 1.09 bits per heavy atom. The number of nitrogens with zero attached hydrogens (tertiary/aromatic N) is 10. The minimum atomic E-state index is -0.142. The van der Waals surface area contributed by atoms with Gasteiger partial charge in [-0.3, -0.25) is 0 Å². The van der Waals surface area contributed by atoms with E-state index in [4.69, 9.17) is 17.7 Å². The fourth-order valence-corrected chi connectivity index (χ4v) is 32.1. The van der Waals surface area contributed by atoms with Crippen LogP contribution in [0.25, 0.3) is 54.6 Å². The number of aryl methyl sites for hydroxylation is 10. The maximum absolute atomic E-state index is 6.64. The number of benzene rings is 5. The van der Waals surface area contributed by atoms with Gasteiger partial charge in [0.1, 0.15) is 27.9 Å². The van der Waals surface area contributed by atoms with Gasteiger partial charge in [-0.2, -0.15) is 0 Å². The first-order valence-corrected chi connectivity index (χ1v) is 51.1. The number of furan rings is 4. The van der Waals surface area contributed by atoms with E-state index in [-0.39, 0.29) is 73.5 Å². The van der Waals surface area contributed by atoms with Crippen molar-refractivity contribution in [3.63, 3.8) is 0 Å². The standard InChI is InChI=1S/C26H30N2O.C24H30N2O.C24H30N2S.C22H26N2O.C21H24N2O/c1-15-6-4-5-7-22(15)28-16(2)24-23(21-8-9-27(3)25(21)29-24)26(28)19-11-17-10-18(13-19)14-20(26)12-17;1-14-10-9-11-17-19(14)26-15(2)20-18(16-12-13-25(8)21(16)27-20)24(26,7)23(5,6)22(17,3)4;1-14-10-9-11-17-19(14)26-15(2)20-18(16-12-13-27-21(16)25(20)8)24(26,7)23(5,6)22(17,3)4;1-15-9-5-6-10-18(15)24-16(2)20-19(22(24)12-7-4-8-13-22)17-11-14-23(3)21(17)25-20;1-14-8-4-5-9-17(14)23-15(2)19-18(21(23)11-6-7-12-21)16-10-13-22(3)20(16)24-19/h4-9,16-20H,10-14H2,1-3H3;2*9-13,15H,1-8H3;5-6,9-11,14,16H,4,7-8,12-13H2,1-3H3;4-5,8-10,13,15H,6-7,11-12H2,1-3H3. The van der Waals surface area contributed by atoms with Crippen molar-refractivity contribution in [1.82, 2.24) is 22.8 Å². The summed E-state index contributed by atoms with van der Waals surface area (Å²) in [6, 6.07) is 53.1. The summed E-state index contributed by atoms with van der Waals surface area (Å²) in [7, 11) is 10.6. The maximum Gasteiger partial charge on any atom is 0.207 e. The lowest BCUT2D eigenvalue weighted by Gasteiger charge is -2.63. The van der Waals surface area contributed by atoms with Gasteiger partial charge in [0, 0.05) is 160 Å². The summed E-state index contributed by atoms with van der Waals surface area (Å²) in [4.78, 5) is 15.0. The third-order valence-electron chi connectivity index (χ3n) is 38.7. The average Bonchev–Trinajstić information content (AvgIpc) is 1.48. The van der Waals surface area contributed by atoms with E-state index < -0.39 is 0 Å². The third-order valence-corrected chi connectivity index (χ3v) is 39.7. The van der Waals surface area contributed by atoms with E-state index in [1.54, 1.807) is 11.1 Å². The van der Waals surface area contributed by atoms with Crippen molar-refractivity contribution in [2.45, 2.75) is 297 Å². The molecule has 132 heavy (non-hydrogen) atoms. The fourth-order valence-electron chi connectivity index (χ4n) is 31.2. The van der Waals surface area contributed by atoms with Crippen LogP contribution < -0.4 is 24.5 Å². The summed E-state index contributed by atoms with van der Waals surface area (Å²) < 4.78 is 36.9. The molecule has 6 saturated carbocycles. The topological polar surface area (TPSA) is 93.4 Å². The minimum Gasteiger partial charge on any atom is -0.442 e. The molecule has 28 rings (SSSR count). The van der Waals surface area contributed by atoms with Gasteiger partial charge in [-0.15, -0.1) is 11.3 Å². The highest BCUT2D eigenvalue weighted by Crippen LogP contribution is 2.74. The van der Waals surface area contributed by atoms with E-state index in [9.17, 15) is 0 Å². The number of rotatable bonds is 3. The van der Waals surface area contributed by atoms with E-state index >= 15 is 0 Å². The van der Waals surface area contributed by atoms with Crippen LogP contribution in [-0.4, -0.2) is 22.8 Å². The van der Waals surface area contributed by atoms with Crippen LogP contribution >= 0.6 is 11.3 Å². The van der Waals surface area contributed by atoms with E-state index in [1.165, 1.54) is 229 Å². The van der Waals surface area contributed by atoms with Gasteiger partial charge >= 0.3 is 0 Å². The summed E-state index contributed by atoms with van der Waals surface area (Å²) in [6.07, 6.45) is 27.1. The molecule has 7 aliphatic heterocycles. The van der Waals surface area contributed by atoms with Crippen molar-refractivity contribution in [2.24, 2.45) is 69.7 Å². The van der Waals surface area contributed by atoms with Crippen molar-refractivity contribution in [2.75, 3.05) is 24.5 Å². The van der Waals surface area contributed by atoms with Crippen LogP contribution in [0, 0.1) is 69.1 Å². The molecule has 15 heteroatoms. The molecular formula is C117H140N10O4S. The predicted molar refractivity (Wildman–Crippen MR) is 544 cm³/mol. The Balaban J connectivity index is 0.0000000937. The number of thiophene rings is 1. The van der Waals surface area contributed by atoms with Crippen LogP contribution in [0.4, 0.5) is 28.4 Å². The van der Waals surface area contributed by atoms with Crippen molar-refractivity contribution < 1.29 is 17.7 Å². The molecule has 688 valence electrons. The van der Waals surface area contributed by atoms with Gasteiger partial charge in [-0.05, 0) is 268 Å². The molecule has 0 radical (unpaired) electrons. The maximum atomic E-state index is 6.64. The normalized spacial score (nSPS) is 27.6. The van der Waals surface area contributed by atoms with Gasteiger partial charge in [-0.25, -0.2) is 0 Å². The highest BCUT2D eigenvalue weighted by molar-refractivity contribution is 7.16. The number of hydrogen-bond acceptors (Lipinski definition) is 10. The molecule has 13 aliphatic rings. The molecule has 6 aliphatic carbocycles. The molecule has 15 aromatic rings. The Bertz CT molecular complexity index is 7130. The quantitative estimate of drug-likeness (QED) is 0.171. The Kier molecular flexibility index (Phi) is 18.9. The summed E-state index contributed by atoms with van der Waals surface area (Å²) in [6.45, 7) is 47.5. The minimum absolute atomic E-state index is 0.00689. The van der Waals surface area contributed by atoms with Crippen LogP contribution in [0.5, 0.6) is 0 Å². The molecule has 3 spiro atoms. The smallest absolute Gasteiger partial charge is 0.207 e. The number of aromatic nitrogens is 5. The Morgan fingerprint density at radius 2 is 0.667 bits per heavy atom. The zero-order valence-corrected chi connectivity index (χ0v) is 84.1. The first-order chi connectivity index (χ1) is 63.0. The van der Waals surface area contributed by atoms with Crippen molar-refractivity contribution in [3.8, 4) is 0 Å². The van der Waals surface area contributed by atoms with Crippen molar-refractivity contribution in [1.29, 1.82) is 0 Å². The lowest BCUT2D eigenvalue weighted by atomic mass is 9.47. The monoisotopic (exact) mass is 1780 g/mol. The molecule has 10 aromatic heterocycles. The SMILES string of the molecule is Cc1cccc2c1N1C(C)c3c(c4ccsc4n3C)C1(C)C(C)(C)C2(C)C.Cc1cccc2c1N1C(C)c3oc4c(ccn4C)c3C1(C)C(C)(C)C2(C)C.Cc1ccccc1N1C(C)c2oc3c(ccn3C)c2C12C1CC3CC(C1)CC2C3.Cc1ccccc1N1C(C)c2oc3c(ccn3C)c2C12CCCC2.Cc1ccccc1N1C(C)c2oc3c(ccn3C)c2C12CCCCC2. The molecular weight excluding hydrogens is 1640 g/mol. The fraction of sp³-hybridized carbons (Fsp3) is 0.487. The molecule has 6 fully saturated rings. The highest BCUT2D eigenvalue weighted by Gasteiger charge is 2.70. The van der Waals surface area contributed by atoms with E-state index in [0.29, 0.717) is 6.04 Å². The summed E-state index contributed by atoms with van der Waals surface area (Å²) in [5, 5.41) is 8.99. The number of anilines is 5. The lowest BCUT2D eigenvalue weighted by Crippen LogP contribution is -2.62. The molecule has 14 nitrogen and oxygen atoms in total. The molecule has 17 heterocycles. The second-order valence-corrected chi connectivity index (χ2v) is 46.4. The first-order valence-electron chi connectivity index (χ1n) is 50.2. The zero-order chi connectivity index (χ0) is 92.2. The van der Waals surface area contributed by atoms with Crippen LogP contribution in [-0.2, 0) is 73.8 Å². The highest BCUT2D eigenvalue weighted by atomic mass is 32.1. The number of fused-ring (bicyclic) bond motifs is 25. The summed E-state index contributed by atoms with van der Waals surface area (Å²) >= 11 is 1.87. The predicted octanol–water partition coefficient (Wildman–Crippen LogP) is 30.4. The number of para-hydroxylation sites is 5. The van der Waals surface area contributed by atoms with E-state index in [0.717, 1.165) is 52.3 Å². The molecule has 0 saturated heterocycles. The Hall–Kier alpha value is -10.4. The van der Waals surface area contributed by atoms with Gasteiger partial charge in [0.15, 0.2) is 0 Å².